The van der Waals surface area contributed by atoms with Gasteiger partial charge in [0.2, 0.25) is 5.91 Å². The largest absolute Gasteiger partial charge is 0.389 e. The fourth-order valence-electron chi connectivity index (χ4n) is 5.08. The third kappa shape index (κ3) is 7.13. The topological polar surface area (TPSA) is 92.6 Å². The van der Waals surface area contributed by atoms with Gasteiger partial charge in [0, 0.05) is 51.6 Å². The van der Waals surface area contributed by atoms with Crippen LogP contribution in [-0.4, -0.2) is 94.8 Å². The monoisotopic (exact) mass is 554 g/mol. The Labute approximate surface area is 224 Å². The van der Waals surface area contributed by atoms with E-state index in [0.29, 0.717) is 52.4 Å². The predicted molar refractivity (Wildman–Crippen MR) is 134 cm³/mol. The summed E-state index contributed by atoms with van der Waals surface area (Å²) in [6.07, 6.45) is -5.91. The zero-order chi connectivity index (χ0) is 28.2. The molecule has 0 radical (unpaired) electrons. The van der Waals surface area contributed by atoms with Crippen LogP contribution < -0.4 is 5.32 Å². The minimum absolute atomic E-state index is 0.0104. The Kier molecular flexibility index (Phi) is 9.21. The molecule has 2 saturated heterocycles. The van der Waals surface area contributed by atoms with Crippen LogP contribution in [0.5, 0.6) is 0 Å². The summed E-state index contributed by atoms with van der Waals surface area (Å²) in [6.45, 7) is 7.02. The van der Waals surface area contributed by atoms with E-state index in [2.05, 4.69) is 15.6 Å². The molecule has 2 aliphatic heterocycles. The van der Waals surface area contributed by atoms with Gasteiger partial charge in [-0.2, -0.15) is 13.2 Å². The number of carbonyl (C=O) groups excluding carboxylic acids is 2. The van der Waals surface area contributed by atoms with Gasteiger partial charge >= 0.3 is 6.18 Å². The number of amides is 2. The summed E-state index contributed by atoms with van der Waals surface area (Å²) < 4.78 is 60.5. The highest BCUT2D eigenvalue weighted by molar-refractivity contribution is 5.94. The van der Waals surface area contributed by atoms with Crippen molar-refractivity contribution in [2.45, 2.75) is 45.3 Å². The van der Waals surface area contributed by atoms with Crippen molar-refractivity contribution in [1.29, 1.82) is 0 Å². The zero-order valence-corrected chi connectivity index (χ0v) is 22.1. The van der Waals surface area contributed by atoms with Crippen molar-refractivity contribution in [1.82, 2.24) is 30.1 Å². The van der Waals surface area contributed by atoms with Gasteiger partial charge in [-0.3, -0.25) is 9.59 Å². The maximum absolute atomic E-state index is 14.6. The Morgan fingerprint density at radius 1 is 1.18 bits per heavy atom. The number of alkyl halides is 3. The number of morpholine rings is 1. The molecule has 0 aliphatic carbocycles. The SMILES string of the molecule is CC(C)CN(C(=O)c1nnn(-c2ccccc2F)c1CCC(F)(F)F)[C@@H]1CNC[C@H](C(=O)N2CCOCC2)C1. The van der Waals surface area contributed by atoms with Gasteiger partial charge in [-0.05, 0) is 24.5 Å². The Hall–Kier alpha value is -3.06. The van der Waals surface area contributed by atoms with Crippen molar-refractivity contribution in [3.8, 4) is 5.69 Å². The molecule has 2 fully saturated rings. The minimum atomic E-state index is -4.50. The first-order valence-corrected chi connectivity index (χ1v) is 13.2. The molecule has 4 rings (SSSR count). The van der Waals surface area contributed by atoms with Crippen molar-refractivity contribution < 1.29 is 31.9 Å². The van der Waals surface area contributed by atoms with Gasteiger partial charge in [0.05, 0.1) is 24.8 Å². The van der Waals surface area contributed by atoms with Gasteiger partial charge < -0.3 is 19.9 Å². The Bertz CT molecular complexity index is 1150. The van der Waals surface area contributed by atoms with Crippen molar-refractivity contribution in [2.75, 3.05) is 45.9 Å². The zero-order valence-electron chi connectivity index (χ0n) is 22.1. The van der Waals surface area contributed by atoms with E-state index in [0.717, 1.165) is 10.7 Å². The molecule has 1 aromatic carbocycles. The van der Waals surface area contributed by atoms with Crippen LogP contribution in [0.15, 0.2) is 24.3 Å². The average Bonchev–Trinajstić information content (AvgIpc) is 3.34. The van der Waals surface area contributed by atoms with Crippen LogP contribution in [-0.2, 0) is 16.0 Å². The lowest BCUT2D eigenvalue weighted by Crippen LogP contribution is -2.56. The number of ether oxygens (including phenoxy) is 1. The van der Waals surface area contributed by atoms with Crippen LogP contribution in [0.3, 0.4) is 0 Å². The summed E-state index contributed by atoms with van der Waals surface area (Å²) in [5.74, 6) is -1.62. The number of carbonyl (C=O) groups is 2. The number of nitrogens with zero attached hydrogens (tertiary/aromatic N) is 5. The lowest BCUT2D eigenvalue weighted by atomic mass is 9.92. The van der Waals surface area contributed by atoms with Crippen molar-refractivity contribution >= 4 is 11.8 Å². The van der Waals surface area contributed by atoms with Gasteiger partial charge in [0.1, 0.15) is 11.5 Å². The molecule has 2 amide bonds. The fourth-order valence-corrected chi connectivity index (χ4v) is 5.08. The second kappa shape index (κ2) is 12.4. The number of nitrogens with one attached hydrogen (secondary N) is 1. The maximum atomic E-state index is 14.6. The summed E-state index contributed by atoms with van der Waals surface area (Å²) >= 11 is 0. The Morgan fingerprint density at radius 2 is 1.90 bits per heavy atom. The Balaban J connectivity index is 1.63. The first-order valence-electron chi connectivity index (χ1n) is 13.2. The van der Waals surface area contributed by atoms with Crippen LogP contribution in [0.1, 0.15) is 42.9 Å². The number of rotatable bonds is 8. The third-order valence-corrected chi connectivity index (χ3v) is 6.95. The average molecular weight is 555 g/mol. The van der Waals surface area contributed by atoms with Gasteiger partial charge in [-0.15, -0.1) is 5.10 Å². The molecule has 1 aromatic heterocycles. The molecule has 0 spiro atoms. The highest BCUT2D eigenvalue weighted by Crippen LogP contribution is 2.27. The van der Waals surface area contributed by atoms with Gasteiger partial charge in [-0.1, -0.05) is 31.2 Å². The van der Waals surface area contributed by atoms with E-state index < -0.39 is 36.8 Å². The molecule has 1 N–H and O–H groups in total. The second-order valence-electron chi connectivity index (χ2n) is 10.4. The van der Waals surface area contributed by atoms with E-state index in [1.165, 1.54) is 18.2 Å². The molecule has 9 nitrogen and oxygen atoms in total. The van der Waals surface area contributed by atoms with E-state index in [1.807, 2.05) is 13.8 Å². The summed E-state index contributed by atoms with van der Waals surface area (Å²) in [5.41, 5.74) is -0.446. The molecule has 13 heteroatoms. The summed E-state index contributed by atoms with van der Waals surface area (Å²) in [4.78, 5) is 30.4. The van der Waals surface area contributed by atoms with Gasteiger partial charge in [0.15, 0.2) is 5.69 Å². The van der Waals surface area contributed by atoms with E-state index in [1.54, 1.807) is 9.80 Å². The van der Waals surface area contributed by atoms with E-state index in [4.69, 9.17) is 4.74 Å². The number of piperidine rings is 1. The van der Waals surface area contributed by atoms with Crippen molar-refractivity contribution in [3.63, 3.8) is 0 Å². The molecule has 0 saturated carbocycles. The molecule has 2 aliphatic rings. The van der Waals surface area contributed by atoms with Crippen LogP contribution in [0, 0.1) is 17.7 Å². The first kappa shape index (κ1) is 28.9. The molecule has 2 aromatic rings. The van der Waals surface area contributed by atoms with Gasteiger partial charge in [-0.25, -0.2) is 9.07 Å². The van der Waals surface area contributed by atoms with Gasteiger partial charge in [0.25, 0.3) is 5.91 Å². The predicted octanol–water partition coefficient (Wildman–Crippen LogP) is 2.84. The lowest BCUT2D eigenvalue weighted by molar-refractivity contribution is -0.140. The molecule has 39 heavy (non-hydrogen) atoms. The van der Waals surface area contributed by atoms with E-state index in [9.17, 15) is 27.2 Å². The second-order valence-corrected chi connectivity index (χ2v) is 10.4. The van der Waals surface area contributed by atoms with Crippen LogP contribution in [0.25, 0.3) is 5.69 Å². The quantitative estimate of drug-likeness (QED) is 0.505. The molecule has 2 atom stereocenters. The highest BCUT2D eigenvalue weighted by atomic mass is 19.4. The molecular weight excluding hydrogens is 520 g/mol. The standard InChI is InChI=1S/C26H34F4N6O3/c1-17(2)16-35(19-13-18(14-31-15-19)24(37)34-9-11-39-12-10-34)25(38)23-22(7-8-26(28,29)30)36(33-32-23)21-6-4-3-5-20(21)27/h3-6,17-19,31H,7-16H2,1-2H3/t18-,19+/m1/s1. The Morgan fingerprint density at radius 3 is 2.56 bits per heavy atom. The summed E-state index contributed by atoms with van der Waals surface area (Å²) in [5, 5.41) is 11.1. The number of benzene rings is 1. The number of aromatic nitrogens is 3. The van der Waals surface area contributed by atoms with E-state index in [-0.39, 0.29) is 34.8 Å². The number of halogens is 4. The fraction of sp³-hybridized carbons (Fsp3) is 0.615. The normalized spacial score (nSPS) is 20.3. The van der Waals surface area contributed by atoms with Crippen LogP contribution in [0.2, 0.25) is 0 Å². The maximum Gasteiger partial charge on any atom is 0.389 e. The number of hydrogen-bond donors (Lipinski definition) is 1. The minimum Gasteiger partial charge on any atom is -0.378 e. The molecular formula is C26H34F4N6O3. The summed E-state index contributed by atoms with van der Waals surface area (Å²) in [7, 11) is 0. The molecule has 0 bridgehead atoms. The van der Waals surface area contributed by atoms with Crippen molar-refractivity contribution in [2.24, 2.45) is 11.8 Å². The first-order chi connectivity index (χ1) is 18.5. The molecule has 214 valence electrons. The highest BCUT2D eigenvalue weighted by Gasteiger charge is 2.38. The number of para-hydroxylation sites is 1. The molecule has 0 unspecified atom stereocenters. The third-order valence-electron chi connectivity index (χ3n) is 6.95. The summed E-state index contributed by atoms with van der Waals surface area (Å²) in [6, 6.07) is 5.12. The van der Waals surface area contributed by atoms with Crippen LogP contribution >= 0.6 is 0 Å². The smallest absolute Gasteiger partial charge is 0.378 e. The molecule has 3 heterocycles. The van der Waals surface area contributed by atoms with Crippen molar-refractivity contribution in [3.05, 3.63) is 41.5 Å². The lowest BCUT2D eigenvalue weighted by Gasteiger charge is -2.40. The van der Waals surface area contributed by atoms with E-state index >= 15 is 0 Å². The number of hydrogen-bond acceptors (Lipinski definition) is 6. The van der Waals surface area contributed by atoms with Crippen LogP contribution in [0.4, 0.5) is 17.6 Å².